The molecule has 1 amide bonds. The van der Waals surface area contributed by atoms with Crippen molar-refractivity contribution in [3.8, 4) is 0 Å². The molecule has 0 radical (unpaired) electrons. The third-order valence-electron chi connectivity index (χ3n) is 3.84. The third kappa shape index (κ3) is 10.1. The van der Waals surface area contributed by atoms with Gasteiger partial charge in [0.1, 0.15) is 5.60 Å². The van der Waals surface area contributed by atoms with Gasteiger partial charge < -0.3 is 20.5 Å². The topological polar surface area (TPSA) is 73.6 Å². The Morgan fingerprint density at radius 3 is 2.36 bits per heavy atom. The highest BCUT2D eigenvalue weighted by atomic mass is 16.6. The van der Waals surface area contributed by atoms with Gasteiger partial charge in [-0.15, -0.1) is 0 Å². The van der Waals surface area contributed by atoms with Crippen LogP contribution in [0.3, 0.4) is 0 Å². The van der Waals surface area contributed by atoms with E-state index in [1.54, 1.807) is 0 Å². The summed E-state index contributed by atoms with van der Waals surface area (Å²) < 4.78 is 11.1. The molecule has 0 aromatic heterocycles. The van der Waals surface area contributed by atoms with E-state index in [4.69, 9.17) is 15.2 Å². The highest BCUT2D eigenvalue weighted by molar-refractivity contribution is 5.68. The minimum absolute atomic E-state index is 0.00966. The Hall–Kier alpha value is -1.59. The molecule has 142 valence electrons. The van der Waals surface area contributed by atoms with Crippen molar-refractivity contribution in [1.29, 1.82) is 0 Å². The van der Waals surface area contributed by atoms with E-state index in [1.165, 1.54) is 5.56 Å². The van der Waals surface area contributed by atoms with E-state index in [9.17, 15) is 4.79 Å². The van der Waals surface area contributed by atoms with E-state index in [-0.39, 0.29) is 11.5 Å². The number of ether oxygens (including phenoxy) is 2. The van der Waals surface area contributed by atoms with E-state index < -0.39 is 11.7 Å². The largest absolute Gasteiger partial charge is 0.444 e. The SMILES string of the molecule is CC(C)(CCOCc1ccccc1)C[C@@H](CN)NC(=O)OC(C)(C)C. The Balaban J connectivity index is 2.36. The van der Waals surface area contributed by atoms with Gasteiger partial charge in [-0.05, 0) is 44.6 Å². The minimum Gasteiger partial charge on any atom is -0.444 e. The van der Waals surface area contributed by atoms with Crippen molar-refractivity contribution in [1.82, 2.24) is 5.32 Å². The zero-order chi connectivity index (χ0) is 18.9. The predicted octanol–water partition coefficient (Wildman–Crippen LogP) is 3.86. The summed E-state index contributed by atoms with van der Waals surface area (Å²) in [6, 6.07) is 10.0. The van der Waals surface area contributed by atoms with E-state index in [1.807, 2.05) is 39.0 Å². The molecule has 0 heterocycles. The first-order valence-electron chi connectivity index (χ1n) is 8.92. The fourth-order valence-corrected chi connectivity index (χ4v) is 2.55. The van der Waals surface area contributed by atoms with Crippen LogP contribution >= 0.6 is 0 Å². The normalized spacial score (nSPS) is 13.4. The van der Waals surface area contributed by atoms with Gasteiger partial charge in [0.05, 0.1) is 6.61 Å². The van der Waals surface area contributed by atoms with Gasteiger partial charge in [0.25, 0.3) is 0 Å². The van der Waals surface area contributed by atoms with Crippen molar-refractivity contribution in [2.45, 2.75) is 65.7 Å². The summed E-state index contributed by atoms with van der Waals surface area (Å²) in [5, 5.41) is 2.87. The molecule has 0 bridgehead atoms. The van der Waals surface area contributed by atoms with Crippen LogP contribution in [-0.4, -0.2) is 30.9 Å². The van der Waals surface area contributed by atoms with E-state index in [0.29, 0.717) is 19.8 Å². The Labute approximate surface area is 152 Å². The number of alkyl carbamates (subject to hydrolysis) is 1. The van der Waals surface area contributed by atoms with E-state index >= 15 is 0 Å². The summed E-state index contributed by atoms with van der Waals surface area (Å²) in [4.78, 5) is 11.9. The lowest BCUT2D eigenvalue weighted by molar-refractivity contribution is 0.0481. The quantitative estimate of drug-likeness (QED) is 0.663. The smallest absolute Gasteiger partial charge is 0.407 e. The molecular weight excluding hydrogens is 316 g/mol. The molecule has 0 aliphatic heterocycles. The third-order valence-corrected chi connectivity index (χ3v) is 3.84. The average molecular weight is 351 g/mol. The van der Waals surface area contributed by atoms with Crippen molar-refractivity contribution < 1.29 is 14.3 Å². The van der Waals surface area contributed by atoms with Crippen molar-refractivity contribution in [2.24, 2.45) is 11.1 Å². The van der Waals surface area contributed by atoms with Crippen molar-refractivity contribution in [3.05, 3.63) is 35.9 Å². The number of amides is 1. The molecule has 5 nitrogen and oxygen atoms in total. The van der Waals surface area contributed by atoms with Crippen molar-refractivity contribution >= 4 is 6.09 Å². The van der Waals surface area contributed by atoms with Gasteiger partial charge in [0.2, 0.25) is 0 Å². The van der Waals surface area contributed by atoms with Gasteiger partial charge >= 0.3 is 6.09 Å². The highest BCUT2D eigenvalue weighted by Gasteiger charge is 2.25. The van der Waals surface area contributed by atoms with Gasteiger partial charge in [-0.2, -0.15) is 0 Å². The maximum Gasteiger partial charge on any atom is 0.407 e. The second-order valence-corrected chi connectivity index (χ2v) is 8.24. The summed E-state index contributed by atoms with van der Waals surface area (Å²) in [5.74, 6) is 0. The van der Waals surface area contributed by atoms with Crippen LogP contribution in [0, 0.1) is 5.41 Å². The molecule has 0 aliphatic carbocycles. The lowest BCUT2D eigenvalue weighted by atomic mass is 9.83. The van der Waals surface area contributed by atoms with Gasteiger partial charge in [-0.25, -0.2) is 4.79 Å². The number of nitrogens with two attached hydrogens (primary N) is 1. The van der Waals surface area contributed by atoms with Crippen molar-refractivity contribution in [2.75, 3.05) is 13.2 Å². The molecule has 1 rings (SSSR count). The second-order valence-electron chi connectivity index (χ2n) is 8.24. The average Bonchev–Trinajstić information content (AvgIpc) is 2.50. The first-order chi connectivity index (χ1) is 11.6. The summed E-state index contributed by atoms with van der Waals surface area (Å²) >= 11 is 0. The zero-order valence-corrected chi connectivity index (χ0v) is 16.3. The van der Waals surface area contributed by atoms with Crippen LogP contribution in [0.2, 0.25) is 0 Å². The number of hydrogen-bond acceptors (Lipinski definition) is 4. The lowest BCUT2D eigenvalue weighted by Gasteiger charge is -2.30. The zero-order valence-electron chi connectivity index (χ0n) is 16.3. The molecule has 1 aromatic rings. The molecule has 3 N–H and O–H groups in total. The van der Waals surface area contributed by atoms with Crippen LogP contribution in [0.1, 0.15) is 53.0 Å². The molecule has 1 atom stereocenters. The summed E-state index contributed by atoms with van der Waals surface area (Å²) in [7, 11) is 0. The maximum atomic E-state index is 11.9. The Morgan fingerprint density at radius 1 is 1.16 bits per heavy atom. The highest BCUT2D eigenvalue weighted by Crippen LogP contribution is 2.27. The van der Waals surface area contributed by atoms with Crippen LogP contribution < -0.4 is 11.1 Å². The lowest BCUT2D eigenvalue weighted by Crippen LogP contribution is -2.45. The van der Waals surface area contributed by atoms with Gasteiger partial charge in [0, 0.05) is 19.2 Å². The predicted molar refractivity (Wildman–Crippen MR) is 101 cm³/mol. The summed E-state index contributed by atoms with van der Waals surface area (Å²) in [6.07, 6.45) is 1.25. The molecule has 0 unspecified atom stereocenters. The van der Waals surface area contributed by atoms with Crippen LogP contribution in [-0.2, 0) is 16.1 Å². The van der Waals surface area contributed by atoms with Crippen LogP contribution in [0.15, 0.2) is 30.3 Å². The Kier molecular flexibility index (Phi) is 8.39. The molecule has 1 aromatic carbocycles. The number of benzene rings is 1. The molecular formula is C20H34N2O3. The summed E-state index contributed by atoms with van der Waals surface area (Å²) in [6.45, 7) is 11.5. The van der Waals surface area contributed by atoms with Crippen LogP contribution in [0.5, 0.6) is 0 Å². The molecule has 0 saturated heterocycles. The van der Waals surface area contributed by atoms with E-state index in [0.717, 1.165) is 12.8 Å². The first kappa shape index (κ1) is 21.5. The molecule has 5 heteroatoms. The van der Waals surface area contributed by atoms with Crippen LogP contribution in [0.25, 0.3) is 0 Å². The van der Waals surface area contributed by atoms with Gasteiger partial charge in [-0.1, -0.05) is 44.2 Å². The number of hydrogen-bond donors (Lipinski definition) is 2. The first-order valence-corrected chi connectivity index (χ1v) is 8.92. The van der Waals surface area contributed by atoms with Gasteiger partial charge in [0.15, 0.2) is 0 Å². The Morgan fingerprint density at radius 2 is 1.80 bits per heavy atom. The van der Waals surface area contributed by atoms with Crippen LogP contribution in [0.4, 0.5) is 4.79 Å². The Bertz CT molecular complexity index is 509. The summed E-state index contributed by atoms with van der Waals surface area (Å²) in [5.41, 5.74) is 6.49. The number of nitrogens with one attached hydrogen (secondary N) is 1. The molecule has 0 spiro atoms. The van der Waals surface area contributed by atoms with Crippen molar-refractivity contribution in [3.63, 3.8) is 0 Å². The second kappa shape index (κ2) is 9.78. The minimum atomic E-state index is -0.510. The number of rotatable bonds is 9. The van der Waals surface area contributed by atoms with E-state index in [2.05, 4.69) is 31.3 Å². The molecule has 0 fully saturated rings. The molecule has 0 saturated carbocycles. The standard InChI is InChI=1S/C20H34N2O3/c1-19(2,3)25-18(23)22-17(14-21)13-20(4,5)11-12-24-15-16-9-7-6-8-10-16/h6-10,17H,11-15,21H2,1-5H3,(H,22,23)/t17-/m0/s1. The fraction of sp³-hybridized carbons (Fsp3) is 0.650. The maximum absolute atomic E-state index is 11.9. The fourth-order valence-electron chi connectivity index (χ4n) is 2.55. The molecule has 25 heavy (non-hydrogen) atoms. The number of carbonyl (C=O) groups excluding carboxylic acids is 1. The number of carbonyl (C=O) groups is 1. The molecule has 0 aliphatic rings. The monoisotopic (exact) mass is 350 g/mol. The van der Waals surface area contributed by atoms with Gasteiger partial charge in [-0.3, -0.25) is 0 Å².